The standard InChI is InChI=1S/C13H19NO2/c14-12-5-3-1-2-4-11(12)13(15)8-10-6-7-16-9-10/h6-7,9,11-12H,1-5,8,14H2. The minimum atomic E-state index is 0.0531. The Morgan fingerprint density at radius 2 is 2.19 bits per heavy atom. The molecule has 1 aromatic heterocycles. The molecule has 2 atom stereocenters. The van der Waals surface area contributed by atoms with E-state index in [-0.39, 0.29) is 17.7 Å². The molecular formula is C13H19NO2. The highest BCUT2D eigenvalue weighted by Gasteiger charge is 2.26. The van der Waals surface area contributed by atoms with E-state index < -0.39 is 0 Å². The number of ketones is 1. The maximum absolute atomic E-state index is 12.1. The van der Waals surface area contributed by atoms with Crippen LogP contribution in [-0.2, 0) is 11.2 Å². The summed E-state index contributed by atoms with van der Waals surface area (Å²) in [4.78, 5) is 12.1. The van der Waals surface area contributed by atoms with Gasteiger partial charge in [0.1, 0.15) is 5.78 Å². The van der Waals surface area contributed by atoms with Gasteiger partial charge in [-0.1, -0.05) is 19.3 Å². The molecule has 0 aliphatic heterocycles. The average molecular weight is 221 g/mol. The fourth-order valence-electron chi connectivity index (χ4n) is 2.46. The van der Waals surface area contributed by atoms with Gasteiger partial charge in [-0.25, -0.2) is 0 Å². The molecule has 88 valence electrons. The van der Waals surface area contributed by atoms with Gasteiger partial charge in [-0.2, -0.15) is 0 Å². The molecule has 1 aromatic rings. The maximum Gasteiger partial charge on any atom is 0.141 e. The second-order valence-corrected chi connectivity index (χ2v) is 4.68. The molecule has 1 fully saturated rings. The van der Waals surface area contributed by atoms with Crippen LogP contribution in [0.4, 0.5) is 0 Å². The second-order valence-electron chi connectivity index (χ2n) is 4.68. The summed E-state index contributed by atoms with van der Waals surface area (Å²) >= 11 is 0. The summed E-state index contributed by atoms with van der Waals surface area (Å²) in [5, 5.41) is 0. The van der Waals surface area contributed by atoms with Crippen LogP contribution in [0.25, 0.3) is 0 Å². The van der Waals surface area contributed by atoms with Gasteiger partial charge < -0.3 is 10.2 Å². The lowest BCUT2D eigenvalue weighted by Gasteiger charge is -2.19. The lowest BCUT2D eigenvalue weighted by molar-refractivity contribution is -0.123. The first kappa shape index (κ1) is 11.4. The molecule has 3 nitrogen and oxygen atoms in total. The molecule has 0 saturated heterocycles. The summed E-state index contributed by atoms with van der Waals surface area (Å²) in [5.74, 6) is 0.327. The number of hydrogen-bond donors (Lipinski definition) is 1. The summed E-state index contributed by atoms with van der Waals surface area (Å²) < 4.78 is 4.97. The molecule has 2 N–H and O–H groups in total. The molecule has 0 amide bonds. The van der Waals surface area contributed by atoms with Crippen molar-refractivity contribution in [2.75, 3.05) is 0 Å². The lowest BCUT2D eigenvalue weighted by atomic mass is 9.88. The van der Waals surface area contributed by atoms with Crippen molar-refractivity contribution in [2.45, 2.75) is 44.6 Å². The van der Waals surface area contributed by atoms with Gasteiger partial charge in [-0.05, 0) is 24.5 Å². The number of carbonyl (C=O) groups is 1. The van der Waals surface area contributed by atoms with Crippen LogP contribution in [0.2, 0.25) is 0 Å². The molecule has 2 unspecified atom stereocenters. The average Bonchev–Trinajstić information content (AvgIpc) is 2.66. The Kier molecular flexibility index (Phi) is 3.78. The van der Waals surface area contributed by atoms with Gasteiger partial charge >= 0.3 is 0 Å². The van der Waals surface area contributed by atoms with E-state index in [9.17, 15) is 4.79 Å². The zero-order chi connectivity index (χ0) is 11.4. The smallest absolute Gasteiger partial charge is 0.141 e. The van der Waals surface area contributed by atoms with E-state index >= 15 is 0 Å². The largest absolute Gasteiger partial charge is 0.472 e. The molecule has 0 bridgehead atoms. The van der Waals surface area contributed by atoms with E-state index in [1.54, 1.807) is 12.5 Å². The van der Waals surface area contributed by atoms with Crippen molar-refractivity contribution >= 4 is 5.78 Å². The Hall–Kier alpha value is -1.09. The minimum absolute atomic E-state index is 0.0531. The van der Waals surface area contributed by atoms with Crippen molar-refractivity contribution in [1.82, 2.24) is 0 Å². The van der Waals surface area contributed by atoms with Crippen molar-refractivity contribution < 1.29 is 9.21 Å². The number of nitrogens with two attached hydrogens (primary N) is 1. The number of furan rings is 1. The van der Waals surface area contributed by atoms with E-state index in [2.05, 4.69) is 0 Å². The Morgan fingerprint density at radius 3 is 2.94 bits per heavy atom. The van der Waals surface area contributed by atoms with Crippen molar-refractivity contribution in [3.05, 3.63) is 24.2 Å². The maximum atomic E-state index is 12.1. The van der Waals surface area contributed by atoms with Crippen molar-refractivity contribution in [3.8, 4) is 0 Å². The van der Waals surface area contributed by atoms with Crippen LogP contribution in [0.1, 0.15) is 37.7 Å². The van der Waals surface area contributed by atoms with E-state index in [0.717, 1.165) is 31.2 Å². The predicted molar refractivity (Wildman–Crippen MR) is 62.0 cm³/mol. The Bertz CT molecular complexity index is 332. The number of carbonyl (C=O) groups excluding carboxylic acids is 1. The van der Waals surface area contributed by atoms with Gasteiger partial charge in [0, 0.05) is 18.4 Å². The van der Waals surface area contributed by atoms with Crippen molar-refractivity contribution in [1.29, 1.82) is 0 Å². The number of hydrogen-bond acceptors (Lipinski definition) is 3. The van der Waals surface area contributed by atoms with Crippen LogP contribution in [0, 0.1) is 5.92 Å². The fraction of sp³-hybridized carbons (Fsp3) is 0.615. The molecule has 1 heterocycles. The zero-order valence-electron chi connectivity index (χ0n) is 9.52. The molecule has 3 heteroatoms. The summed E-state index contributed by atoms with van der Waals surface area (Å²) in [6, 6.07) is 1.90. The summed E-state index contributed by atoms with van der Waals surface area (Å²) in [7, 11) is 0. The van der Waals surface area contributed by atoms with Gasteiger partial charge in [0.05, 0.1) is 12.5 Å². The third-order valence-corrected chi connectivity index (χ3v) is 3.44. The van der Waals surface area contributed by atoms with Crippen LogP contribution in [0.5, 0.6) is 0 Å². The summed E-state index contributed by atoms with van der Waals surface area (Å²) in [6.45, 7) is 0. The highest BCUT2D eigenvalue weighted by molar-refractivity contribution is 5.83. The molecule has 0 aromatic carbocycles. The van der Waals surface area contributed by atoms with Crippen LogP contribution in [-0.4, -0.2) is 11.8 Å². The first-order valence-electron chi connectivity index (χ1n) is 6.07. The lowest BCUT2D eigenvalue weighted by Crippen LogP contribution is -2.35. The molecule has 2 rings (SSSR count). The van der Waals surface area contributed by atoms with Crippen LogP contribution in [0.15, 0.2) is 23.0 Å². The monoisotopic (exact) mass is 221 g/mol. The fourth-order valence-corrected chi connectivity index (χ4v) is 2.46. The van der Waals surface area contributed by atoms with E-state index in [1.165, 1.54) is 6.42 Å². The highest BCUT2D eigenvalue weighted by Crippen LogP contribution is 2.24. The topological polar surface area (TPSA) is 56.2 Å². The molecule has 1 saturated carbocycles. The molecule has 1 aliphatic rings. The molecular weight excluding hydrogens is 202 g/mol. The van der Waals surface area contributed by atoms with E-state index in [0.29, 0.717) is 6.42 Å². The van der Waals surface area contributed by atoms with E-state index in [4.69, 9.17) is 10.2 Å². The highest BCUT2D eigenvalue weighted by atomic mass is 16.3. The normalized spacial score (nSPS) is 26.3. The van der Waals surface area contributed by atoms with Gasteiger partial charge in [-0.3, -0.25) is 4.79 Å². The SMILES string of the molecule is NC1CCCCCC1C(=O)Cc1ccoc1. The quantitative estimate of drug-likeness (QED) is 0.797. The van der Waals surface area contributed by atoms with Crippen LogP contribution < -0.4 is 5.73 Å². The number of rotatable bonds is 3. The summed E-state index contributed by atoms with van der Waals surface area (Å²) in [5.41, 5.74) is 7.02. The minimum Gasteiger partial charge on any atom is -0.472 e. The first-order chi connectivity index (χ1) is 7.77. The Labute approximate surface area is 96.0 Å². The van der Waals surface area contributed by atoms with Gasteiger partial charge in [0.2, 0.25) is 0 Å². The van der Waals surface area contributed by atoms with Gasteiger partial charge in [0.25, 0.3) is 0 Å². The summed E-state index contributed by atoms with van der Waals surface area (Å²) in [6.07, 6.45) is 9.17. The molecule has 1 aliphatic carbocycles. The third kappa shape index (κ3) is 2.73. The van der Waals surface area contributed by atoms with Crippen LogP contribution in [0.3, 0.4) is 0 Å². The van der Waals surface area contributed by atoms with E-state index in [1.807, 2.05) is 6.07 Å². The third-order valence-electron chi connectivity index (χ3n) is 3.44. The van der Waals surface area contributed by atoms with Gasteiger partial charge in [-0.15, -0.1) is 0 Å². The second kappa shape index (κ2) is 5.30. The van der Waals surface area contributed by atoms with Crippen LogP contribution >= 0.6 is 0 Å². The first-order valence-corrected chi connectivity index (χ1v) is 6.07. The Balaban J connectivity index is 1.97. The molecule has 16 heavy (non-hydrogen) atoms. The Morgan fingerprint density at radius 1 is 1.38 bits per heavy atom. The van der Waals surface area contributed by atoms with Crippen molar-refractivity contribution in [3.63, 3.8) is 0 Å². The molecule has 0 radical (unpaired) electrons. The predicted octanol–water partition coefficient (Wildman–Crippen LogP) is 2.30. The van der Waals surface area contributed by atoms with Gasteiger partial charge in [0.15, 0.2) is 0 Å². The number of Topliss-reactive ketones (excluding diaryl/α,β-unsaturated/α-hetero) is 1. The molecule has 0 spiro atoms. The van der Waals surface area contributed by atoms with Crippen molar-refractivity contribution in [2.24, 2.45) is 11.7 Å². The zero-order valence-corrected chi connectivity index (χ0v) is 9.52.